The number of fused-ring (bicyclic) bond motifs is 3. The number of anilines is 1. The first-order valence-corrected chi connectivity index (χ1v) is 8.23. The zero-order valence-electron chi connectivity index (χ0n) is 13.2. The molecule has 0 unspecified atom stereocenters. The van der Waals surface area contributed by atoms with E-state index < -0.39 is 0 Å². The second-order valence-electron chi connectivity index (χ2n) is 5.66. The number of aryl methyl sites for hydroxylation is 3. The molecule has 0 aliphatic carbocycles. The Balaban J connectivity index is 2.23. The van der Waals surface area contributed by atoms with E-state index in [0.717, 1.165) is 27.4 Å². The molecule has 4 N–H and O–H groups in total. The van der Waals surface area contributed by atoms with Gasteiger partial charge in [0.25, 0.3) is 0 Å². The maximum absolute atomic E-state index is 5.70. The summed E-state index contributed by atoms with van der Waals surface area (Å²) in [5.41, 5.74) is 7.11. The number of nitrogens with zero attached hydrogens (tertiary/aromatic N) is 2. The summed E-state index contributed by atoms with van der Waals surface area (Å²) in [7, 11) is 0. The number of nitrogens with two attached hydrogens (primary N) is 1. The first kappa shape index (κ1) is 14.2. The number of thiophene rings is 1. The predicted octanol–water partition coefficient (Wildman–Crippen LogP) is 4.05. The highest BCUT2D eigenvalue weighted by atomic mass is 32.1. The molecule has 3 heterocycles. The van der Waals surface area contributed by atoms with Crippen molar-refractivity contribution in [3.63, 3.8) is 0 Å². The largest absolute Gasteiger partial charge is 0.361 e. The van der Waals surface area contributed by atoms with Crippen LogP contribution in [0, 0.1) is 20.8 Å². The molecule has 0 aliphatic heterocycles. The number of benzene rings is 1. The molecule has 5 nitrogen and oxygen atoms in total. The van der Waals surface area contributed by atoms with Crippen LogP contribution >= 0.6 is 11.3 Å². The fourth-order valence-electron chi connectivity index (χ4n) is 3.17. The van der Waals surface area contributed by atoms with Crippen molar-refractivity contribution >= 4 is 39.0 Å². The smallest absolute Gasteiger partial charge is 0.152 e. The molecule has 4 aromatic rings. The van der Waals surface area contributed by atoms with Gasteiger partial charge in [-0.15, -0.1) is 11.3 Å². The van der Waals surface area contributed by atoms with Crippen LogP contribution in [-0.4, -0.2) is 15.0 Å². The summed E-state index contributed by atoms with van der Waals surface area (Å²) in [5.74, 6) is 7.07. The number of nitrogen functional groups attached to an aromatic ring is 1. The summed E-state index contributed by atoms with van der Waals surface area (Å²) in [4.78, 5) is 15.0. The lowest BCUT2D eigenvalue weighted by Crippen LogP contribution is -2.11. The van der Waals surface area contributed by atoms with Crippen molar-refractivity contribution < 1.29 is 0 Å². The van der Waals surface area contributed by atoms with Gasteiger partial charge in [-0.2, -0.15) is 0 Å². The Morgan fingerprint density at radius 1 is 1.13 bits per heavy atom. The first-order chi connectivity index (χ1) is 11.1. The third-order valence-corrected chi connectivity index (χ3v) is 5.16. The highest BCUT2D eigenvalue weighted by Gasteiger charge is 2.19. The zero-order chi connectivity index (χ0) is 16.1. The average Bonchev–Trinajstić information content (AvgIpc) is 3.16. The van der Waals surface area contributed by atoms with Crippen molar-refractivity contribution in [1.29, 1.82) is 0 Å². The van der Waals surface area contributed by atoms with Crippen LogP contribution in [0.15, 0.2) is 24.4 Å². The van der Waals surface area contributed by atoms with E-state index in [1.54, 1.807) is 11.3 Å². The van der Waals surface area contributed by atoms with Crippen LogP contribution in [0.25, 0.3) is 32.2 Å². The van der Waals surface area contributed by atoms with Gasteiger partial charge in [-0.25, -0.2) is 15.8 Å². The molecule has 0 radical (unpaired) electrons. The van der Waals surface area contributed by atoms with Crippen LogP contribution in [0.4, 0.5) is 5.82 Å². The molecular formula is C17H17N5S. The van der Waals surface area contributed by atoms with E-state index >= 15 is 0 Å². The van der Waals surface area contributed by atoms with Crippen LogP contribution in [0.5, 0.6) is 0 Å². The van der Waals surface area contributed by atoms with Gasteiger partial charge in [0.05, 0.1) is 16.4 Å². The van der Waals surface area contributed by atoms with E-state index in [0.29, 0.717) is 11.6 Å². The van der Waals surface area contributed by atoms with Crippen LogP contribution in [0.1, 0.15) is 16.3 Å². The zero-order valence-corrected chi connectivity index (χ0v) is 14.0. The van der Waals surface area contributed by atoms with Crippen LogP contribution in [0.3, 0.4) is 0 Å². The molecule has 0 aliphatic rings. The topological polar surface area (TPSA) is 79.6 Å². The van der Waals surface area contributed by atoms with E-state index in [4.69, 9.17) is 10.8 Å². The van der Waals surface area contributed by atoms with Gasteiger partial charge in [-0.3, -0.25) is 0 Å². The second-order valence-corrected chi connectivity index (χ2v) is 6.95. The van der Waals surface area contributed by atoms with E-state index in [2.05, 4.69) is 47.4 Å². The lowest BCUT2D eigenvalue weighted by Gasteiger charge is -2.13. The average molecular weight is 323 g/mol. The van der Waals surface area contributed by atoms with Crippen LogP contribution in [-0.2, 0) is 0 Å². The van der Waals surface area contributed by atoms with Gasteiger partial charge in [0.1, 0.15) is 5.82 Å². The molecule has 3 aromatic heterocycles. The second kappa shape index (κ2) is 5.04. The number of H-pyrrole nitrogens is 1. The molecule has 116 valence electrons. The Kier molecular flexibility index (Phi) is 3.11. The molecule has 0 saturated carbocycles. The van der Waals surface area contributed by atoms with Crippen LogP contribution in [0.2, 0.25) is 0 Å². The van der Waals surface area contributed by atoms with Gasteiger partial charge in [0.2, 0.25) is 0 Å². The fourth-order valence-corrected chi connectivity index (χ4v) is 4.15. The predicted molar refractivity (Wildman–Crippen MR) is 96.7 cm³/mol. The minimum atomic E-state index is 0.661. The van der Waals surface area contributed by atoms with Crippen molar-refractivity contribution in [2.45, 2.75) is 20.8 Å². The molecule has 0 fully saturated rings. The SMILES string of the molecule is Cc1nc(NN)c2c(n1)c(C)c(-c1ccc(C)s1)c1[nH]ccc12. The maximum atomic E-state index is 5.70. The minimum absolute atomic E-state index is 0.661. The minimum Gasteiger partial charge on any atom is -0.361 e. The maximum Gasteiger partial charge on any atom is 0.152 e. The standard InChI is InChI=1S/C17H17N5S/c1-8-4-5-12(23-8)13-9(2)15-14(11-6-7-19-16(11)13)17(22-18)21-10(3)20-15/h4-7,19H,18H2,1-3H3,(H,20,21,22). The van der Waals surface area contributed by atoms with Gasteiger partial charge >= 0.3 is 0 Å². The molecule has 0 bridgehead atoms. The van der Waals surface area contributed by atoms with Gasteiger partial charge in [-0.1, -0.05) is 0 Å². The lowest BCUT2D eigenvalue weighted by molar-refractivity contribution is 1.08. The molecule has 4 rings (SSSR count). The van der Waals surface area contributed by atoms with Crippen molar-refractivity contribution in [1.82, 2.24) is 15.0 Å². The number of aromatic nitrogens is 3. The van der Waals surface area contributed by atoms with Crippen molar-refractivity contribution in [3.8, 4) is 10.4 Å². The molecule has 1 aromatic carbocycles. The molecule has 0 atom stereocenters. The highest BCUT2D eigenvalue weighted by molar-refractivity contribution is 7.15. The third-order valence-electron chi connectivity index (χ3n) is 4.14. The number of hydrogen-bond donors (Lipinski definition) is 3. The van der Waals surface area contributed by atoms with Gasteiger partial charge in [0, 0.05) is 26.9 Å². The first-order valence-electron chi connectivity index (χ1n) is 7.41. The normalized spacial score (nSPS) is 11.5. The summed E-state index contributed by atoms with van der Waals surface area (Å²) in [6.45, 7) is 6.12. The van der Waals surface area contributed by atoms with Crippen LogP contribution < -0.4 is 11.3 Å². The summed E-state index contributed by atoms with van der Waals surface area (Å²) in [5, 5.41) is 2.04. The van der Waals surface area contributed by atoms with E-state index in [1.165, 1.54) is 15.3 Å². The Morgan fingerprint density at radius 3 is 2.65 bits per heavy atom. The Morgan fingerprint density at radius 2 is 1.96 bits per heavy atom. The molecule has 0 spiro atoms. The lowest BCUT2D eigenvalue weighted by atomic mass is 9.99. The molecule has 23 heavy (non-hydrogen) atoms. The molecule has 0 saturated heterocycles. The Hall–Kier alpha value is -2.44. The van der Waals surface area contributed by atoms with Crippen molar-refractivity contribution in [2.75, 3.05) is 5.43 Å². The Bertz CT molecular complexity index is 1040. The van der Waals surface area contributed by atoms with E-state index in [-0.39, 0.29) is 0 Å². The van der Waals surface area contributed by atoms with Gasteiger partial charge < -0.3 is 10.4 Å². The van der Waals surface area contributed by atoms with E-state index in [9.17, 15) is 0 Å². The fraction of sp³-hybridized carbons (Fsp3) is 0.176. The third kappa shape index (κ3) is 2.03. The molecule has 0 amide bonds. The monoisotopic (exact) mass is 323 g/mol. The van der Waals surface area contributed by atoms with Crippen molar-refractivity contribution in [3.05, 3.63) is 40.7 Å². The number of hydrazine groups is 1. The summed E-state index contributed by atoms with van der Waals surface area (Å²) >= 11 is 1.79. The molecule has 6 heteroatoms. The number of rotatable bonds is 2. The van der Waals surface area contributed by atoms with E-state index in [1.807, 2.05) is 13.1 Å². The van der Waals surface area contributed by atoms with Gasteiger partial charge in [0.15, 0.2) is 5.82 Å². The quantitative estimate of drug-likeness (QED) is 0.384. The summed E-state index contributed by atoms with van der Waals surface area (Å²) in [6.07, 6.45) is 1.95. The number of hydrogen-bond acceptors (Lipinski definition) is 5. The summed E-state index contributed by atoms with van der Waals surface area (Å²) in [6, 6.07) is 6.38. The van der Waals surface area contributed by atoms with Gasteiger partial charge in [-0.05, 0) is 44.5 Å². The number of aromatic amines is 1. The highest BCUT2D eigenvalue weighted by Crippen LogP contribution is 2.41. The number of nitrogens with one attached hydrogen (secondary N) is 2. The van der Waals surface area contributed by atoms with Crippen molar-refractivity contribution in [2.24, 2.45) is 5.84 Å². The summed E-state index contributed by atoms with van der Waals surface area (Å²) < 4.78 is 0. The molecular weight excluding hydrogens is 306 g/mol. The Labute approximate surface area is 137 Å².